The van der Waals surface area contributed by atoms with Crippen LogP contribution in [-0.4, -0.2) is 47.0 Å². The first-order valence-electron chi connectivity index (χ1n) is 9.35. The van der Waals surface area contributed by atoms with Crippen molar-refractivity contribution >= 4 is 22.7 Å². The molecule has 1 aliphatic heterocycles. The molecule has 1 fully saturated rings. The number of hydrogen-bond donors (Lipinski definition) is 0. The molecule has 0 unspecified atom stereocenters. The lowest BCUT2D eigenvalue weighted by atomic mass is 10.1. The zero-order valence-electron chi connectivity index (χ0n) is 15.9. The van der Waals surface area contributed by atoms with Crippen molar-refractivity contribution in [2.75, 3.05) is 31.1 Å². The van der Waals surface area contributed by atoms with Crippen molar-refractivity contribution in [3.8, 4) is 6.07 Å². The Balaban J connectivity index is 1.51. The summed E-state index contributed by atoms with van der Waals surface area (Å²) >= 11 is 0. The van der Waals surface area contributed by atoms with E-state index < -0.39 is 0 Å². The number of pyridine rings is 1. The van der Waals surface area contributed by atoms with Crippen LogP contribution in [-0.2, 0) is 0 Å². The number of fused-ring (bicyclic) bond motifs is 1. The van der Waals surface area contributed by atoms with Gasteiger partial charge in [-0.1, -0.05) is 19.9 Å². The lowest BCUT2D eigenvalue weighted by molar-refractivity contribution is 0.0747. The van der Waals surface area contributed by atoms with E-state index in [0.29, 0.717) is 54.3 Å². The average molecular weight is 375 g/mol. The topological polar surface area (TPSA) is 86.3 Å². The molecule has 2 aromatic heterocycles. The maximum atomic E-state index is 13.1. The van der Waals surface area contributed by atoms with Gasteiger partial charge in [-0.05, 0) is 18.2 Å². The van der Waals surface area contributed by atoms with Crippen LogP contribution in [0.3, 0.4) is 0 Å². The van der Waals surface area contributed by atoms with E-state index in [2.05, 4.69) is 20.9 Å². The molecule has 1 amide bonds. The van der Waals surface area contributed by atoms with Gasteiger partial charge in [-0.3, -0.25) is 9.78 Å². The van der Waals surface area contributed by atoms with E-state index in [0.717, 1.165) is 5.69 Å². The summed E-state index contributed by atoms with van der Waals surface area (Å²) in [6.45, 7) is 6.60. The highest BCUT2D eigenvalue weighted by atomic mass is 16.3. The second-order valence-corrected chi connectivity index (χ2v) is 7.18. The molecule has 4 rings (SSSR count). The van der Waals surface area contributed by atoms with Crippen molar-refractivity contribution in [3.63, 3.8) is 0 Å². The predicted molar refractivity (Wildman–Crippen MR) is 105 cm³/mol. The molecule has 0 atom stereocenters. The number of anilines is 1. The molecule has 28 heavy (non-hydrogen) atoms. The predicted octanol–water partition coefficient (Wildman–Crippen LogP) is 3.18. The summed E-state index contributed by atoms with van der Waals surface area (Å²) in [6, 6.07) is 9.71. The van der Waals surface area contributed by atoms with Crippen LogP contribution in [0.15, 0.2) is 41.1 Å². The van der Waals surface area contributed by atoms with E-state index in [1.807, 2.05) is 36.9 Å². The first-order chi connectivity index (χ1) is 13.6. The van der Waals surface area contributed by atoms with Crippen LogP contribution in [0.5, 0.6) is 0 Å². The summed E-state index contributed by atoms with van der Waals surface area (Å²) in [4.78, 5) is 25.7. The molecule has 7 nitrogen and oxygen atoms in total. The highest BCUT2D eigenvalue weighted by Gasteiger charge is 2.26. The summed E-state index contributed by atoms with van der Waals surface area (Å²) in [5.41, 5.74) is 3.22. The molecule has 0 bridgehead atoms. The van der Waals surface area contributed by atoms with Crippen LogP contribution in [0.1, 0.15) is 41.6 Å². The van der Waals surface area contributed by atoms with Crippen LogP contribution in [0, 0.1) is 11.3 Å². The van der Waals surface area contributed by atoms with Crippen molar-refractivity contribution < 1.29 is 9.21 Å². The van der Waals surface area contributed by atoms with Crippen molar-refractivity contribution in [2.24, 2.45) is 0 Å². The fourth-order valence-corrected chi connectivity index (χ4v) is 3.38. The molecular weight excluding hydrogens is 354 g/mol. The van der Waals surface area contributed by atoms with Crippen LogP contribution in [0.2, 0.25) is 0 Å². The summed E-state index contributed by atoms with van der Waals surface area (Å²) in [5, 5.41) is 9.08. The fourth-order valence-electron chi connectivity index (χ4n) is 3.38. The quantitative estimate of drug-likeness (QED) is 0.699. The monoisotopic (exact) mass is 375 g/mol. The third-order valence-corrected chi connectivity index (χ3v) is 4.95. The minimum Gasteiger partial charge on any atom is -0.439 e. The molecule has 142 valence electrons. The van der Waals surface area contributed by atoms with E-state index in [1.165, 1.54) is 0 Å². The Morgan fingerprint density at radius 1 is 1.21 bits per heavy atom. The van der Waals surface area contributed by atoms with E-state index in [4.69, 9.17) is 9.68 Å². The van der Waals surface area contributed by atoms with Crippen molar-refractivity contribution in [1.82, 2.24) is 14.9 Å². The molecular formula is C21H21N5O2. The number of amides is 1. The van der Waals surface area contributed by atoms with Gasteiger partial charge in [0.1, 0.15) is 11.1 Å². The molecule has 0 aliphatic carbocycles. The molecule has 0 N–H and O–H groups in total. The zero-order chi connectivity index (χ0) is 19.7. The normalized spacial score (nSPS) is 14.5. The molecule has 7 heteroatoms. The number of rotatable bonds is 3. The van der Waals surface area contributed by atoms with Gasteiger partial charge in [0.25, 0.3) is 5.91 Å². The maximum Gasteiger partial charge on any atom is 0.259 e. The number of nitrogens with zero attached hydrogens (tertiary/aromatic N) is 5. The van der Waals surface area contributed by atoms with Gasteiger partial charge < -0.3 is 14.2 Å². The van der Waals surface area contributed by atoms with E-state index >= 15 is 0 Å². The number of nitriles is 1. The molecule has 1 aromatic carbocycles. The highest BCUT2D eigenvalue weighted by Crippen LogP contribution is 2.25. The fraction of sp³-hybridized carbons (Fsp3) is 0.333. The van der Waals surface area contributed by atoms with Gasteiger partial charge in [-0.25, -0.2) is 4.98 Å². The molecule has 0 radical (unpaired) electrons. The number of hydrogen-bond acceptors (Lipinski definition) is 6. The number of oxazole rings is 1. The smallest absolute Gasteiger partial charge is 0.259 e. The number of carbonyl (C=O) groups excluding carboxylic acids is 1. The van der Waals surface area contributed by atoms with Crippen LogP contribution in [0.4, 0.5) is 5.69 Å². The Kier molecular flexibility index (Phi) is 4.70. The first kappa shape index (κ1) is 18.0. The van der Waals surface area contributed by atoms with Gasteiger partial charge in [0.15, 0.2) is 11.5 Å². The van der Waals surface area contributed by atoms with E-state index in [-0.39, 0.29) is 11.8 Å². The number of benzene rings is 1. The minimum absolute atomic E-state index is 0.0880. The molecule has 3 heterocycles. The van der Waals surface area contributed by atoms with Crippen molar-refractivity contribution in [3.05, 3.63) is 53.7 Å². The van der Waals surface area contributed by atoms with E-state index in [9.17, 15) is 4.79 Å². The van der Waals surface area contributed by atoms with Crippen molar-refractivity contribution in [2.45, 2.75) is 19.8 Å². The van der Waals surface area contributed by atoms with E-state index in [1.54, 1.807) is 18.5 Å². The minimum atomic E-state index is -0.0880. The Morgan fingerprint density at radius 3 is 2.71 bits per heavy atom. The standard InChI is InChI=1S/C21H21N5O2/c1-14(2)20-24-18-13-23-12-17(19(18)28-20)21(27)26-8-6-25(7-9-26)16-5-3-4-15(10-16)11-22/h3-5,10,12-14H,6-9H2,1-2H3. The molecule has 3 aromatic rings. The summed E-state index contributed by atoms with van der Waals surface area (Å²) in [5.74, 6) is 0.664. The lowest BCUT2D eigenvalue weighted by Crippen LogP contribution is -2.48. The Hall–Kier alpha value is -3.40. The summed E-state index contributed by atoms with van der Waals surface area (Å²) in [6.07, 6.45) is 3.18. The van der Waals surface area contributed by atoms with Gasteiger partial charge in [-0.2, -0.15) is 5.26 Å². The number of aromatic nitrogens is 2. The molecule has 0 spiro atoms. The Bertz CT molecular complexity index is 1060. The van der Waals surface area contributed by atoms with Crippen molar-refractivity contribution in [1.29, 1.82) is 5.26 Å². The second-order valence-electron chi connectivity index (χ2n) is 7.18. The Labute approximate surface area is 163 Å². The zero-order valence-corrected chi connectivity index (χ0v) is 15.9. The lowest BCUT2D eigenvalue weighted by Gasteiger charge is -2.36. The molecule has 1 saturated heterocycles. The molecule has 0 saturated carbocycles. The van der Waals surface area contributed by atoms with Crippen LogP contribution in [0.25, 0.3) is 11.1 Å². The summed E-state index contributed by atoms with van der Waals surface area (Å²) < 4.78 is 5.85. The third-order valence-electron chi connectivity index (χ3n) is 4.95. The van der Waals surface area contributed by atoms with Gasteiger partial charge in [0, 0.05) is 44.0 Å². The van der Waals surface area contributed by atoms with Gasteiger partial charge >= 0.3 is 0 Å². The van der Waals surface area contributed by atoms with Crippen LogP contribution < -0.4 is 4.90 Å². The average Bonchev–Trinajstić information content (AvgIpc) is 3.18. The second kappa shape index (κ2) is 7.31. The van der Waals surface area contributed by atoms with Gasteiger partial charge in [0.05, 0.1) is 17.8 Å². The first-order valence-corrected chi connectivity index (χ1v) is 9.35. The summed E-state index contributed by atoms with van der Waals surface area (Å²) in [7, 11) is 0. The SMILES string of the molecule is CC(C)c1nc2cncc(C(=O)N3CCN(c4cccc(C#N)c4)CC3)c2o1. The number of carbonyl (C=O) groups is 1. The molecule has 1 aliphatic rings. The Morgan fingerprint density at radius 2 is 2.00 bits per heavy atom. The van der Waals surface area contributed by atoms with Gasteiger partial charge in [0.2, 0.25) is 0 Å². The number of piperazine rings is 1. The third kappa shape index (κ3) is 3.29. The largest absolute Gasteiger partial charge is 0.439 e. The van der Waals surface area contributed by atoms with Gasteiger partial charge in [-0.15, -0.1) is 0 Å². The maximum absolute atomic E-state index is 13.1. The van der Waals surface area contributed by atoms with Crippen LogP contribution >= 0.6 is 0 Å². The highest BCUT2D eigenvalue weighted by molar-refractivity contribution is 6.03.